The van der Waals surface area contributed by atoms with Gasteiger partial charge in [-0.3, -0.25) is 28.8 Å². The number of carbonyl (C=O) groups excluding carboxylic acids is 8. The molecule has 2 saturated carbocycles. The first-order valence-electron chi connectivity index (χ1n) is 26.0. The van der Waals surface area contributed by atoms with Crippen LogP contribution in [0.2, 0.25) is 0 Å². The summed E-state index contributed by atoms with van der Waals surface area (Å²) < 4.78 is 10.5. The smallest absolute Gasteiger partial charge is 0.408 e. The van der Waals surface area contributed by atoms with Gasteiger partial charge in [0.1, 0.15) is 25.3 Å². The summed E-state index contributed by atoms with van der Waals surface area (Å²) in [5.74, 6) is -3.21. The molecule has 0 spiro atoms. The number of benzene rings is 2. The SMILES string of the molecule is CCCC[C@H](NC(=O)[C@H](CC(C)C)NC(=O)OCc1ccccc1)C(=O)C(=O)N[C@H]1CCCCC1=O.CCCC[C@H](NC(=O)[C@H](CC(C)C)NC(=O)OCc1ccccc1)[C@H](O)C(=O)N[C@H]1CCCC[C@@H]1O. The molecular formula is C54H82N6O12. The standard InChI is InChI=1S/C27H43N3O6.C27H39N3O6/c2*1-4-5-13-21(24(32)26(34)28-20-14-9-10-15-23(20)31)29-25(33)22(16-18(2)3)30-27(35)36-17-19-11-7-6-8-12-19/h6-8,11-12,18,20-24,31-32H,4-5,9-10,13-17H2,1-3H3,(H,28,34)(H,29,33)(H,30,35);6-8,11-12,18,20-22H,4-5,9-10,13-17H2,1-3H3,(H,28,34)(H,29,33)(H,30,35)/t20-,21-,22-,23-,24-;20-,21-,22-/m00/s1. The van der Waals surface area contributed by atoms with Gasteiger partial charge in [-0.05, 0) is 74.3 Å². The average molecular weight is 1010 g/mol. The summed E-state index contributed by atoms with van der Waals surface area (Å²) in [7, 11) is 0. The number of carbonyl (C=O) groups is 8. The summed E-state index contributed by atoms with van der Waals surface area (Å²) in [5, 5.41) is 36.9. The van der Waals surface area contributed by atoms with Crippen molar-refractivity contribution >= 4 is 47.4 Å². The van der Waals surface area contributed by atoms with Gasteiger partial charge in [0, 0.05) is 6.42 Å². The largest absolute Gasteiger partial charge is 0.445 e. The van der Waals surface area contributed by atoms with Crippen LogP contribution < -0.4 is 31.9 Å². The maximum atomic E-state index is 13.2. The molecule has 0 bridgehead atoms. The first-order valence-corrected chi connectivity index (χ1v) is 26.0. The van der Waals surface area contributed by atoms with Gasteiger partial charge < -0.3 is 51.6 Å². The second-order valence-electron chi connectivity index (χ2n) is 19.8. The fourth-order valence-electron chi connectivity index (χ4n) is 8.44. The number of rotatable bonds is 26. The van der Waals surface area contributed by atoms with Crippen LogP contribution in [0, 0.1) is 11.8 Å². The van der Waals surface area contributed by atoms with Gasteiger partial charge in [-0.15, -0.1) is 0 Å². The van der Waals surface area contributed by atoms with Gasteiger partial charge in [0.2, 0.25) is 17.6 Å². The first-order chi connectivity index (χ1) is 34.4. The molecule has 72 heavy (non-hydrogen) atoms. The number of hydrogen-bond donors (Lipinski definition) is 8. The molecule has 0 unspecified atom stereocenters. The summed E-state index contributed by atoms with van der Waals surface area (Å²) >= 11 is 0. The van der Waals surface area contributed by atoms with Crippen molar-refractivity contribution in [3.63, 3.8) is 0 Å². The molecule has 2 aliphatic rings. The molecule has 400 valence electrons. The van der Waals surface area contributed by atoms with Crippen LogP contribution >= 0.6 is 0 Å². The number of alkyl carbamates (subject to hydrolysis) is 2. The second kappa shape index (κ2) is 33.0. The maximum absolute atomic E-state index is 13.2. The van der Waals surface area contributed by atoms with E-state index in [9.17, 15) is 48.6 Å². The van der Waals surface area contributed by atoms with E-state index in [-0.39, 0.29) is 37.3 Å². The quantitative estimate of drug-likeness (QED) is 0.0506. The van der Waals surface area contributed by atoms with Crippen molar-refractivity contribution in [2.75, 3.05) is 0 Å². The van der Waals surface area contributed by atoms with Crippen LogP contribution in [0.4, 0.5) is 9.59 Å². The van der Waals surface area contributed by atoms with Gasteiger partial charge in [0.05, 0.1) is 30.3 Å². The number of unbranched alkanes of at least 4 members (excludes halogenated alkanes) is 2. The third-order valence-corrected chi connectivity index (χ3v) is 12.5. The molecule has 0 saturated heterocycles. The van der Waals surface area contributed by atoms with Crippen LogP contribution in [0.5, 0.6) is 0 Å². The zero-order valence-corrected chi connectivity index (χ0v) is 43.3. The molecule has 6 amide bonds. The number of ether oxygens (including phenoxy) is 2. The number of amides is 6. The molecule has 0 aromatic heterocycles. The van der Waals surface area contributed by atoms with E-state index in [1.807, 2.05) is 102 Å². The van der Waals surface area contributed by atoms with Crippen molar-refractivity contribution in [2.45, 2.75) is 206 Å². The Hall–Kier alpha value is -5.88. The van der Waals surface area contributed by atoms with E-state index >= 15 is 0 Å². The Balaban J connectivity index is 0.000000380. The molecule has 8 N–H and O–H groups in total. The van der Waals surface area contributed by atoms with Gasteiger partial charge in [-0.25, -0.2) is 9.59 Å². The minimum absolute atomic E-state index is 0.0559. The van der Waals surface area contributed by atoms with Crippen molar-refractivity contribution in [1.82, 2.24) is 31.9 Å². The van der Waals surface area contributed by atoms with Gasteiger partial charge >= 0.3 is 12.2 Å². The lowest BCUT2D eigenvalue weighted by Gasteiger charge is -2.31. The first kappa shape index (κ1) is 60.4. The predicted molar refractivity (Wildman–Crippen MR) is 272 cm³/mol. The molecule has 0 aliphatic heterocycles. The maximum Gasteiger partial charge on any atom is 0.408 e. The summed E-state index contributed by atoms with van der Waals surface area (Å²) in [6, 6.07) is 13.6. The normalized spacial score (nSPS) is 18.6. The molecule has 2 fully saturated rings. The van der Waals surface area contributed by atoms with E-state index in [1.165, 1.54) is 0 Å². The monoisotopic (exact) mass is 1010 g/mol. The zero-order valence-electron chi connectivity index (χ0n) is 43.3. The highest BCUT2D eigenvalue weighted by atomic mass is 16.6. The number of aliphatic hydroxyl groups excluding tert-OH is 2. The zero-order chi connectivity index (χ0) is 53.0. The van der Waals surface area contributed by atoms with Crippen LogP contribution in [0.3, 0.4) is 0 Å². The Morgan fingerprint density at radius 3 is 1.61 bits per heavy atom. The molecule has 4 rings (SSSR count). The lowest BCUT2D eigenvalue weighted by Crippen LogP contribution is -2.57. The molecular weight excluding hydrogens is 925 g/mol. The van der Waals surface area contributed by atoms with Crippen molar-refractivity contribution in [3.05, 3.63) is 71.8 Å². The highest BCUT2D eigenvalue weighted by Gasteiger charge is 2.35. The molecule has 18 heteroatoms. The van der Waals surface area contributed by atoms with Crippen LogP contribution in [-0.4, -0.2) is 106 Å². The van der Waals surface area contributed by atoms with E-state index in [2.05, 4.69) is 31.9 Å². The van der Waals surface area contributed by atoms with Gasteiger partial charge in [-0.1, -0.05) is 147 Å². The molecule has 2 aliphatic carbocycles. The fourth-order valence-corrected chi connectivity index (χ4v) is 8.44. The van der Waals surface area contributed by atoms with E-state index < -0.39 is 90.1 Å². The Morgan fingerprint density at radius 2 is 1.11 bits per heavy atom. The summed E-state index contributed by atoms with van der Waals surface area (Å²) in [6.07, 6.45) is 6.25. The third kappa shape index (κ3) is 22.7. The van der Waals surface area contributed by atoms with Gasteiger partial charge in [0.15, 0.2) is 11.9 Å². The van der Waals surface area contributed by atoms with E-state index in [4.69, 9.17) is 9.47 Å². The van der Waals surface area contributed by atoms with Gasteiger partial charge in [0.25, 0.3) is 11.8 Å². The Bertz CT molecular complexity index is 2000. The lowest BCUT2D eigenvalue weighted by molar-refractivity contribution is -0.141. The fraction of sp³-hybridized carbons (Fsp3) is 0.630. The van der Waals surface area contributed by atoms with Gasteiger partial charge in [-0.2, -0.15) is 0 Å². The molecule has 18 nitrogen and oxygen atoms in total. The summed E-state index contributed by atoms with van der Waals surface area (Å²) in [6.45, 7) is 11.7. The number of Topliss-reactive ketones (excluding diaryl/α,β-unsaturated/α-hetero) is 2. The number of hydrogen-bond acceptors (Lipinski definition) is 12. The highest BCUT2D eigenvalue weighted by molar-refractivity contribution is 6.38. The minimum atomic E-state index is -1.47. The summed E-state index contributed by atoms with van der Waals surface area (Å²) in [5.41, 5.74) is 1.64. The average Bonchev–Trinajstić information content (AvgIpc) is 3.36. The van der Waals surface area contributed by atoms with E-state index in [1.54, 1.807) is 0 Å². The van der Waals surface area contributed by atoms with E-state index in [0.717, 1.165) is 49.7 Å². The topological polar surface area (TPSA) is 268 Å². The highest BCUT2D eigenvalue weighted by Crippen LogP contribution is 2.20. The van der Waals surface area contributed by atoms with Crippen LogP contribution in [0.15, 0.2) is 60.7 Å². The Morgan fingerprint density at radius 1 is 0.611 bits per heavy atom. The third-order valence-electron chi connectivity index (χ3n) is 12.5. The lowest BCUT2D eigenvalue weighted by atomic mass is 9.92. The molecule has 0 radical (unpaired) electrons. The molecule has 0 heterocycles. The van der Waals surface area contributed by atoms with Crippen molar-refractivity contribution < 1.29 is 58.0 Å². The van der Waals surface area contributed by atoms with Crippen LogP contribution in [-0.2, 0) is 51.5 Å². The van der Waals surface area contributed by atoms with Crippen molar-refractivity contribution in [3.8, 4) is 0 Å². The number of aliphatic hydroxyl groups is 2. The second-order valence-corrected chi connectivity index (χ2v) is 19.8. The number of nitrogens with one attached hydrogen (secondary N) is 6. The van der Waals surface area contributed by atoms with E-state index in [0.29, 0.717) is 57.8 Å². The summed E-state index contributed by atoms with van der Waals surface area (Å²) in [4.78, 5) is 101. The molecule has 2 aromatic carbocycles. The van der Waals surface area contributed by atoms with Crippen molar-refractivity contribution in [1.29, 1.82) is 0 Å². The Labute approximate surface area is 425 Å². The van der Waals surface area contributed by atoms with Crippen molar-refractivity contribution in [2.24, 2.45) is 11.8 Å². The minimum Gasteiger partial charge on any atom is -0.445 e. The predicted octanol–water partition coefficient (Wildman–Crippen LogP) is 5.98. The molecule has 8 atom stereocenters. The Kier molecular flexibility index (Phi) is 27.7. The number of ketones is 2. The van der Waals surface area contributed by atoms with Crippen LogP contribution in [0.25, 0.3) is 0 Å². The molecule has 2 aromatic rings. The van der Waals surface area contributed by atoms with Crippen LogP contribution in [0.1, 0.15) is 155 Å².